The SMILES string of the molecule is COC(=O)c1ccccc1S(=O)(=O)/N=c1\sc(CN(Cc2ccncc2)C(=O)C(F)(F)F)cn1Cc1cccc2ccccc12. The number of hydrogen-bond acceptors (Lipinski definition) is 7. The Morgan fingerprint density at radius 3 is 2.38 bits per heavy atom. The molecule has 2 aromatic heterocycles. The standard InChI is InChI=1S/C31H25F3N4O5S2/c1-43-28(39)26-11-4-5-12-27(26)45(41,42)36-30-38(18-23-9-6-8-22-7-2-3-10-25(22)23)20-24(44-30)19-37(29(40)31(32,33)34)17-21-13-15-35-16-14-21/h2-16,20H,17-19H2,1H3/b36-30-. The van der Waals surface area contributed by atoms with E-state index in [2.05, 4.69) is 9.38 Å². The minimum Gasteiger partial charge on any atom is -0.465 e. The van der Waals surface area contributed by atoms with Crippen molar-refractivity contribution in [2.45, 2.75) is 30.7 Å². The molecule has 0 spiro atoms. The lowest BCUT2D eigenvalue weighted by molar-refractivity contribution is -0.186. The van der Waals surface area contributed by atoms with E-state index in [1.54, 1.807) is 0 Å². The van der Waals surface area contributed by atoms with E-state index in [4.69, 9.17) is 4.74 Å². The molecular weight excluding hydrogens is 629 g/mol. The number of thiazole rings is 1. The van der Waals surface area contributed by atoms with Crippen molar-refractivity contribution in [3.8, 4) is 0 Å². The molecule has 5 rings (SSSR count). The van der Waals surface area contributed by atoms with Crippen LogP contribution in [0.25, 0.3) is 10.8 Å². The number of rotatable bonds is 9. The van der Waals surface area contributed by atoms with Gasteiger partial charge in [-0.1, -0.05) is 65.9 Å². The molecule has 0 atom stereocenters. The Labute approximate surface area is 259 Å². The molecule has 0 saturated heterocycles. The molecule has 0 radical (unpaired) electrons. The highest BCUT2D eigenvalue weighted by molar-refractivity contribution is 7.90. The van der Waals surface area contributed by atoms with Crippen molar-refractivity contribution in [2.75, 3.05) is 7.11 Å². The highest BCUT2D eigenvalue weighted by Gasteiger charge is 2.42. The molecule has 232 valence electrons. The quantitative estimate of drug-likeness (QED) is 0.199. The van der Waals surface area contributed by atoms with Gasteiger partial charge < -0.3 is 14.2 Å². The number of pyridine rings is 1. The van der Waals surface area contributed by atoms with Gasteiger partial charge in [-0.05, 0) is 46.2 Å². The smallest absolute Gasteiger partial charge is 0.465 e. The third kappa shape index (κ3) is 7.29. The van der Waals surface area contributed by atoms with Crippen LogP contribution in [-0.4, -0.2) is 48.0 Å². The van der Waals surface area contributed by atoms with Crippen molar-refractivity contribution in [1.82, 2.24) is 14.5 Å². The summed E-state index contributed by atoms with van der Waals surface area (Å²) in [5.74, 6) is -2.93. The molecule has 0 bridgehead atoms. The van der Waals surface area contributed by atoms with Crippen molar-refractivity contribution in [3.05, 3.63) is 124 Å². The first-order valence-electron chi connectivity index (χ1n) is 13.4. The predicted octanol–water partition coefficient (Wildman–Crippen LogP) is 5.31. The minimum atomic E-state index is -5.14. The van der Waals surface area contributed by atoms with E-state index in [1.807, 2.05) is 42.5 Å². The summed E-state index contributed by atoms with van der Waals surface area (Å²) in [6.07, 6.45) is -0.848. The van der Waals surface area contributed by atoms with Gasteiger partial charge in [0.1, 0.15) is 4.90 Å². The molecular formula is C31H25F3N4O5S2. The number of sulfonamides is 1. The first-order valence-corrected chi connectivity index (χ1v) is 15.6. The van der Waals surface area contributed by atoms with E-state index >= 15 is 0 Å². The summed E-state index contributed by atoms with van der Waals surface area (Å²) in [5, 5.41) is 1.82. The zero-order valence-corrected chi connectivity index (χ0v) is 25.3. The zero-order valence-electron chi connectivity index (χ0n) is 23.6. The highest BCUT2D eigenvalue weighted by Crippen LogP contribution is 2.25. The molecule has 9 nitrogen and oxygen atoms in total. The lowest BCUT2D eigenvalue weighted by atomic mass is 10.0. The zero-order chi connectivity index (χ0) is 32.2. The van der Waals surface area contributed by atoms with Crippen molar-refractivity contribution in [1.29, 1.82) is 0 Å². The van der Waals surface area contributed by atoms with Gasteiger partial charge >= 0.3 is 18.1 Å². The van der Waals surface area contributed by atoms with Crippen LogP contribution in [0.3, 0.4) is 0 Å². The number of fused-ring (bicyclic) bond motifs is 1. The number of alkyl halides is 3. The van der Waals surface area contributed by atoms with Gasteiger partial charge in [0.05, 0.1) is 25.8 Å². The number of benzene rings is 3. The Morgan fingerprint density at radius 2 is 1.64 bits per heavy atom. The summed E-state index contributed by atoms with van der Waals surface area (Å²) in [6, 6.07) is 21.6. The van der Waals surface area contributed by atoms with Crippen molar-refractivity contribution >= 4 is 44.0 Å². The van der Waals surface area contributed by atoms with E-state index in [1.165, 1.54) is 59.6 Å². The van der Waals surface area contributed by atoms with E-state index in [0.29, 0.717) is 10.5 Å². The van der Waals surface area contributed by atoms with Gasteiger partial charge in [0, 0.05) is 30.0 Å². The van der Waals surface area contributed by atoms with Gasteiger partial charge in [0.25, 0.3) is 10.0 Å². The van der Waals surface area contributed by atoms with Crippen LogP contribution < -0.4 is 4.80 Å². The summed E-state index contributed by atoms with van der Waals surface area (Å²) in [6.45, 7) is -0.725. The minimum absolute atomic E-state index is 0.0686. The molecule has 0 unspecified atom stereocenters. The number of methoxy groups -OCH3 is 1. The van der Waals surface area contributed by atoms with Crippen LogP contribution in [-0.2, 0) is 39.2 Å². The number of carbonyl (C=O) groups is 2. The number of hydrogen-bond donors (Lipinski definition) is 0. The topological polar surface area (TPSA) is 111 Å². The van der Waals surface area contributed by atoms with Crippen LogP contribution in [0.15, 0.2) is 107 Å². The first-order chi connectivity index (χ1) is 21.5. The second-order valence-corrected chi connectivity index (χ2v) is 12.5. The van der Waals surface area contributed by atoms with Crippen molar-refractivity contribution in [2.24, 2.45) is 4.40 Å². The summed E-state index contributed by atoms with van der Waals surface area (Å²) >= 11 is 0.820. The number of amides is 1. The van der Waals surface area contributed by atoms with Crippen molar-refractivity contribution < 1.29 is 35.9 Å². The largest absolute Gasteiger partial charge is 0.471 e. The Morgan fingerprint density at radius 1 is 0.956 bits per heavy atom. The summed E-state index contributed by atoms with van der Waals surface area (Å²) in [4.78, 5) is 29.1. The normalized spacial score (nSPS) is 12.3. The molecule has 0 N–H and O–H groups in total. The van der Waals surface area contributed by atoms with E-state index in [9.17, 15) is 31.2 Å². The van der Waals surface area contributed by atoms with Gasteiger partial charge in [0.2, 0.25) is 4.80 Å². The second-order valence-electron chi connectivity index (χ2n) is 9.81. The average molecular weight is 655 g/mol. The van der Waals surface area contributed by atoms with Gasteiger partial charge in [-0.3, -0.25) is 9.78 Å². The molecule has 0 aliphatic heterocycles. The van der Waals surface area contributed by atoms with Crippen LogP contribution in [0.4, 0.5) is 13.2 Å². The third-order valence-electron chi connectivity index (χ3n) is 6.76. The molecule has 45 heavy (non-hydrogen) atoms. The van der Waals surface area contributed by atoms with Gasteiger partial charge in [-0.25, -0.2) is 4.79 Å². The van der Waals surface area contributed by atoms with Crippen molar-refractivity contribution in [3.63, 3.8) is 0 Å². The molecule has 5 aromatic rings. The van der Waals surface area contributed by atoms with Crippen LogP contribution in [0.5, 0.6) is 0 Å². The molecule has 0 fully saturated rings. The number of halogens is 3. The predicted molar refractivity (Wildman–Crippen MR) is 160 cm³/mol. The fraction of sp³-hybridized carbons (Fsp3) is 0.161. The maximum absolute atomic E-state index is 13.6. The number of ether oxygens (including phenoxy) is 1. The first kappa shape index (κ1) is 31.6. The van der Waals surface area contributed by atoms with Gasteiger partial charge in [-0.2, -0.15) is 21.6 Å². The van der Waals surface area contributed by atoms with Gasteiger partial charge in [0.15, 0.2) is 0 Å². The lowest BCUT2D eigenvalue weighted by Gasteiger charge is -2.23. The maximum Gasteiger partial charge on any atom is 0.471 e. The molecule has 1 amide bonds. The number of aromatic nitrogens is 2. The summed E-state index contributed by atoms with van der Waals surface area (Å²) in [7, 11) is -3.40. The van der Waals surface area contributed by atoms with Crippen LogP contribution in [0.2, 0.25) is 0 Å². The average Bonchev–Trinajstić information content (AvgIpc) is 3.39. The van der Waals surface area contributed by atoms with E-state index in [-0.39, 0.29) is 28.3 Å². The number of carbonyl (C=O) groups excluding carboxylic acids is 2. The molecule has 0 aliphatic rings. The van der Waals surface area contributed by atoms with Crippen LogP contribution >= 0.6 is 11.3 Å². The Kier molecular flexibility index (Phi) is 9.16. The molecule has 3 aromatic carbocycles. The number of nitrogens with zero attached hydrogens (tertiary/aromatic N) is 4. The Hall–Kier alpha value is -4.82. The van der Waals surface area contributed by atoms with Gasteiger partial charge in [-0.15, -0.1) is 4.40 Å². The Bertz CT molecular complexity index is 2040. The molecule has 0 saturated carbocycles. The molecule has 0 aliphatic carbocycles. The van der Waals surface area contributed by atoms with Crippen LogP contribution in [0.1, 0.15) is 26.4 Å². The highest BCUT2D eigenvalue weighted by atomic mass is 32.2. The maximum atomic E-state index is 13.6. The third-order valence-corrected chi connectivity index (χ3v) is 9.20. The lowest BCUT2D eigenvalue weighted by Crippen LogP contribution is -2.40. The second kappa shape index (κ2) is 13.0. The monoisotopic (exact) mass is 654 g/mol. The fourth-order valence-corrected chi connectivity index (χ4v) is 7.10. The number of esters is 1. The summed E-state index contributed by atoms with van der Waals surface area (Å²) < 4.78 is 78.3. The van der Waals surface area contributed by atoms with E-state index < -0.39 is 39.5 Å². The van der Waals surface area contributed by atoms with Crippen LogP contribution in [0, 0.1) is 0 Å². The molecule has 2 heterocycles. The Balaban J connectivity index is 1.63. The van der Waals surface area contributed by atoms with E-state index in [0.717, 1.165) is 34.8 Å². The fourth-order valence-electron chi connectivity index (χ4n) is 4.70. The summed E-state index contributed by atoms with van der Waals surface area (Å²) in [5.41, 5.74) is 1.00. The molecule has 14 heteroatoms.